The number of hydrogen-bond donors (Lipinski definition) is 1. The molecule has 102 valence electrons. The zero-order chi connectivity index (χ0) is 13.8. The molecular formula is C13H18FN5. The number of hydrogen-bond acceptors (Lipinski definition) is 4. The van der Waals surface area contributed by atoms with E-state index < -0.39 is 0 Å². The maximum atomic E-state index is 12.9. The molecule has 2 heterocycles. The second-order valence-electron chi connectivity index (χ2n) is 4.55. The van der Waals surface area contributed by atoms with Crippen LogP contribution in [0.5, 0.6) is 0 Å². The molecule has 0 aromatic carbocycles. The van der Waals surface area contributed by atoms with Crippen molar-refractivity contribution in [2.75, 3.05) is 0 Å². The zero-order valence-corrected chi connectivity index (χ0v) is 11.3. The molecule has 2 aromatic rings. The van der Waals surface area contributed by atoms with Crippen LogP contribution in [-0.2, 0) is 7.05 Å². The number of rotatable bonds is 5. The van der Waals surface area contributed by atoms with Crippen LogP contribution in [0.2, 0.25) is 0 Å². The summed E-state index contributed by atoms with van der Waals surface area (Å²) in [4.78, 5) is 4.13. The molecule has 6 heteroatoms. The minimum atomic E-state index is -0.319. The highest BCUT2D eigenvalue weighted by atomic mass is 19.1. The first-order valence-corrected chi connectivity index (χ1v) is 6.33. The van der Waals surface area contributed by atoms with Crippen LogP contribution in [0.4, 0.5) is 4.39 Å². The Balaban J connectivity index is 2.11. The van der Waals surface area contributed by atoms with Crippen LogP contribution in [0.1, 0.15) is 43.9 Å². The minimum absolute atomic E-state index is 0.0457. The van der Waals surface area contributed by atoms with Gasteiger partial charge in [-0.15, -0.1) is 10.2 Å². The van der Waals surface area contributed by atoms with Crippen LogP contribution < -0.4 is 5.32 Å². The highest BCUT2D eigenvalue weighted by molar-refractivity contribution is 5.10. The molecule has 0 amide bonds. The normalized spacial score (nSPS) is 14.3. The lowest BCUT2D eigenvalue weighted by Gasteiger charge is -2.21. The molecule has 0 aliphatic rings. The molecule has 2 aromatic heterocycles. The summed E-state index contributed by atoms with van der Waals surface area (Å²) < 4.78 is 14.8. The van der Waals surface area contributed by atoms with Gasteiger partial charge in [-0.25, -0.2) is 4.39 Å². The van der Waals surface area contributed by atoms with Gasteiger partial charge in [-0.2, -0.15) is 0 Å². The van der Waals surface area contributed by atoms with Gasteiger partial charge in [-0.1, -0.05) is 6.92 Å². The third-order valence-electron chi connectivity index (χ3n) is 3.10. The van der Waals surface area contributed by atoms with Crippen molar-refractivity contribution in [1.29, 1.82) is 0 Å². The molecule has 0 fully saturated rings. The van der Waals surface area contributed by atoms with Crippen LogP contribution >= 0.6 is 0 Å². The summed E-state index contributed by atoms with van der Waals surface area (Å²) in [5.41, 5.74) is 0.831. The summed E-state index contributed by atoms with van der Waals surface area (Å²) >= 11 is 0. The third-order valence-corrected chi connectivity index (χ3v) is 3.10. The summed E-state index contributed by atoms with van der Waals surface area (Å²) in [6.45, 7) is 4.09. The van der Waals surface area contributed by atoms with E-state index >= 15 is 0 Å². The van der Waals surface area contributed by atoms with Crippen LogP contribution in [0.25, 0.3) is 0 Å². The Labute approximate surface area is 111 Å². The molecule has 1 N–H and O–H groups in total. The Hall–Kier alpha value is -1.82. The highest BCUT2D eigenvalue weighted by Gasteiger charge is 2.17. The molecule has 5 nitrogen and oxygen atoms in total. The van der Waals surface area contributed by atoms with Gasteiger partial charge in [0.1, 0.15) is 18.0 Å². The second-order valence-corrected chi connectivity index (χ2v) is 4.55. The van der Waals surface area contributed by atoms with Crippen LogP contribution in [-0.4, -0.2) is 19.7 Å². The fourth-order valence-electron chi connectivity index (χ4n) is 2.07. The van der Waals surface area contributed by atoms with Crippen molar-refractivity contribution >= 4 is 0 Å². The van der Waals surface area contributed by atoms with Gasteiger partial charge in [0.05, 0.1) is 17.9 Å². The Morgan fingerprint density at radius 1 is 1.42 bits per heavy atom. The molecule has 0 aliphatic carbocycles. The van der Waals surface area contributed by atoms with Gasteiger partial charge in [-0.05, 0) is 25.5 Å². The molecule has 0 saturated heterocycles. The Kier molecular flexibility index (Phi) is 4.21. The summed E-state index contributed by atoms with van der Waals surface area (Å²) in [5, 5.41) is 11.4. The largest absolute Gasteiger partial charge is 0.319 e. The molecule has 0 saturated carbocycles. The van der Waals surface area contributed by atoms with E-state index in [0.29, 0.717) is 0 Å². The predicted octanol–water partition coefficient (Wildman–Crippen LogP) is 2.15. The van der Waals surface area contributed by atoms with Crippen molar-refractivity contribution in [2.24, 2.45) is 7.05 Å². The fraction of sp³-hybridized carbons (Fsp3) is 0.462. The monoisotopic (exact) mass is 263 g/mol. The van der Waals surface area contributed by atoms with E-state index in [1.807, 2.05) is 18.5 Å². The van der Waals surface area contributed by atoms with Gasteiger partial charge in [0.25, 0.3) is 0 Å². The topological polar surface area (TPSA) is 55.6 Å². The molecule has 2 rings (SSSR count). The predicted molar refractivity (Wildman–Crippen MR) is 69.8 cm³/mol. The molecular weight excluding hydrogens is 245 g/mol. The number of halogens is 1. The smallest absolute Gasteiger partial charge is 0.149 e. The fourth-order valence-corrected chi connectivity index (χ4v) is 2.07. The van der Waals surface area contributed by atoms with Gasteiger partial charge in [0.15, 0.2) is 0 Å². The molecule has 2 atom stereocenters. The number of aromatic nitrogens is 4. The van der Waals surface area contributed by atoms with E-state index in [0.717, 1.165) is 17.9 Å². The van der Waals surface area contributed by atoms with Crippen molar-refractivity contribution < 1.29 is 4.39 Å². The lowest BCUT2D eigenvalue weighted by Crippen LogP contribution is -2.26. The number of aryl methyl sites for hydroxylation is 1. The highest BCUT2D eigenvalue weighted by Crippen LogP contribution is 2.19. The van der Waals surface area contributed by atoms with Gasteiger partial charge in [0, 0.05) is 13.1 Å². The van der Waals surface area contributed by atoms with Gasteiger partial charge < -0.3 is 4.57 Å². The SMILES string of the molecule is CCC(NC(C)c1nncn1C)c1ccc(F)cn1. The van der Waals surface area contributed by atoms with E-state index in [9.17, 15) is 4.39 Å². The maximum absolute atomic E-state index is 12.9. The van der Waals surface area contributed by atoms with Crippen LogP contribution in [0, 0.1) is 5.82 Å². The minimum Gasteiger partial charge on any atom is -0.319 e. The summed E-state index contributed by atoms with van der Waals surface area (Å²) in [7, 11) is 1.91. The second kappa shape index (κ2) is 5.88. The van der Waals surface area contributed by atoms with Gasteiger partial charge in [0.2, 0.25) is 0 Å². The first kappa shape index (κ1) is 13.6. The number of pyridine rings is 1. The molecule has 19 heavy (non-hydrogen) atoms. The maximum Gasteiger partial charge on any atom is 0.149 e. The Morgan fingerprint density at radius 3 is 2.74 bits per heavy atom. The van der Waals surface area contributed by atoms with E-state index in [4.69, 9.17) is 0 Å². The van der Waals surface area contributed by atoms with Crippen molar-refractivity contribution in [3.8, 4) is 0 Å². The Morgan fingerprint density at radius 2 is 2.21 bits per heavy atom. The first-order chi connectivity index (χ1) is 9.11. The van der Waals surface area contributed by atoms with Crippen molar-refractivity contribution in [2.45, 2.75) is 32.4 Å². The van der Waals surface area contributed by atoms with Crippen molar-refractivity contribution in [3.05, 3.63) is 42.0 Å². The quantitative estimate of drug-likeness (QED) is 0.898. The molecule has 0 aliphatic heterocycles. The summed E-state index contributed by atoms with van der Waals surface area (Å²) in [6, 6.07) is 3.25. The van der Waals surface area contributed by atoms with Crippen molar-refractivity contribution in [3.63, 3.8) is 0 Å². The molecule has 0 bridgehead atoms. The standard InChI is InChI=1S/C13H18FN5/c1-4-11(12-6-5-10(14)7-15-12)17-9(2)13-18-16-8-19(13)3/h5-9,11,17H,4H2,1-3H3. The lowest BCUT2D eigenvalue weighted by molar-refractivity contribution is 0.427. The molecule has 2 unspecified atom stereocenters. The van der Waals surface area contributed by atoms with Gasteiger partial charge in [-0.3, -0.25) is 10.3 Å². The van der Waals surface area contributed by atoms with Crippen molar-refractivity contribution in [1.82, 2.24) is 25.1 Å². The average molecular weight is 263 g/mol. The molecule has 0 radical (unpaired) electrons. The van der Waals surface area contributed by atoms with Crippen LogP contribution in [0.3, 0.4) is 0 Å². The van der Waals surface area contributed by atoms with E-state index in [1.54, 1.807) is 12.4 Å². The van der Waals surface area contributed by atoms with Crippen LogP contribution in [0.15, 0.2) is 24.7 Å². The van der Waals surface area contributed by atoms with E-state index in [1.165, 1.54) is 12.3 Å². The first-order valence-electron chi connectivity index (χ1n) is 6.33. The van der Waals surface area contributed by atoms with Gasteiger partial charge >= 0.3 is 0 Å². The third kappa shape index (κ3) is 3.14. The zero-order valence-electron chi connectivity index (χ0n) is 11.3. The number of nitrogens with zero attached hydrogens (tertiary/aromatic N) is 4. The number of nitrogens with one attached hydrogen (secondary N) is 1. The average Bonchev–Trinajstić information content (AvgIpc) is 2.83. The molecule has 0 spiro atoms. The Bertz CT molecular complexity index is 522. The van der Waals surface area contributed by atoms with E-state index in [-0.39, 0.29) is 17.9 Å². The van der Waals surface area contributed by atoms with E-state index in [2.05, 4.69) is 27.4 Å². The summed E-state index contributed by atoms with van der Waals surface area (Å²) in [6.07, 6.45) is 3.78. The summed E-state index contributed by atoms with van der Waals surface area (Å²) in [5.74, 6) is 0.542. The lowest BCUT2D eigenvalue weighted by atomic mass is 10.1.